The van der Waals surface area contributed by atoms with Crippen LogP contribution in [0, 0.1) is 0 Å². The maximum Gasteiger partial charge on any atom is 0.244 e. The molecule has 6 rings (SSSR count). The number of H-pyrrole nitrogens is 1. The smallest absolute Gasteiger partial charge is 0.244 e. The molecule has 5 aromatic rings. The minimum atomic E-state index is -0.356. The van der Waals surface area contributed by atoms with Crippen LogP contribution in [-0.2, 0) is 11.2 Å². The predicted octanol–water partition coefficient (Wildman–Crippen LogP) is 7.58. The number of likely N-dealkylation sites (N-methyl/N-ethyl adjacent to an activating group) is 3. The van der Waals surface area contributed by atoms with Gasteiger partial charge in [0.25, 0.3) is 0 Å². The predicted molar refractivity (Wildman–Crippen MR) is 221 cm³/mol. The number of nitrogens with one attached hydrogen (secondary N) is 4. The van der Waals surface area contributed by atoms with Crippen molar-refractivity contribution in [2.75, 3.05) is 34.2 Å². The lowest BCUT2D eigenvalue weighted by molar-refractivity contribution is -0.132. The molecular formula is C45H52N8O. The fourth-order valence-corrected chi connectivity index (χ4v) is 7.28. The fraction of sp³-hybridized carbons (Fsp3) is 0.267. The van der Waals surface area contributed by atoms with Gasteiger partial charge in [-0.1, -0.05) is 116 Å². The molecule has 1 aliphatic rings. The van der Waals surface area contributed by atoms with Crippen LogP contribution in [0.3, 0.4) is 0 Å². The average molecular weight is 721 g/mol. The number of aliphatic imine (C=N–C) groups is 1. The van der Waals surface area contributed by atoms with E-state index in [1.807, 2.05) is 63.7 Å². The molecule has 0 spiro atoms. The summed E-state index contributed by atoms with van der Waals surface area (Å²) in [6.07, 6.45) is 7.44. The van der Waals surface area contributed by atoms with Crippen LogP contribution in [-0.4, -0.2) is 72.8 Å². The summed E-state index contributed by atoms with van der Waals surface area (Å²) < 4.78 is 0. The van der Waals surface area contributed by atoms with E-state index in [1.54, 1.807) is 11.1 Å². The molecule has 0 bridgehead atoms. The van der Waals surface area contributed by atoms with E-state index < -0.39 is 0 Å². The zero-order chi connectivity index (χ0) is 37.9. The van der Waals surface area contributed by atoms with E-state index in [9.17, 15) is 4.79 Å². The molecule has 2 heterocycles. The number of nitrogens with zero attached hydrogens (tertiary/aromatic N) is 4. The minimum Gasteiger partial charge on any atom is -0.363 e. The molecule has 1 aromatic heterocycles. The Hall–Kier alpha value is -5.77. The summed E-state index contributed by atoms with van der Waals surface area (Å²) in [5.41, 5.74) is 9.50. The van der Waals surface area contributed by atoms with Crippen molar-refractivity contribution in [2.45, 2.75) is 43.9 Å². The van der Waals surface area contributed by atoms with Crippen LogP contribution >= 0.6 is 0 Å². The number of carbonyl (C=O) groups excluding carboxylic acids is 1. The molecule has 0 radical (unpaired) electrons. The molecule has 3 atom stereocenters. The molecule has 0 aliphatic carbocycles. The molecule has 1 fully saturated rings. The van der Waals surface area contributed by atoms with Crippen LogP contribution < -0.4 is 16.0 Å². The molecule has 4 aromatic carbocycles. The Morgan fingerprint density at radius 2 is 1.50 bits per heavy atom. The van der Waals surface area contributed by atoms with Gasteiger partial charge in [-0.15, -0.1) is 0 Å². The van der Waals surface area contributed by atoms with Crippen LogP contribution in [0.1, 0.15) is 53.9 Å². The normalized spacial score (nSPS) is 15.4. The monoisotopic (exact) mass is 720 g/mol. The number of likely N-dealkylation sites (tertiary alicyclic amines) is 1. The minimum absolute atomic E-state index is 0.0346. The lowest BCUT2D eigenvalue weighted by atomic mass is 10.0. The Balaban J connectivity index is 1.04. The van der Waals surface area contributed by atoms with Crippen molar-refractivity contribution in [3.8, 4) is 22.4 Å². The third-order valence-corrected chi connectivity index (χ3v) is 10.2. The summed E-state index contributed by atoms with van der Waals surface area (Å²) in [5.74, 6) is 0.967. The van der Waals surface area contributed by atoms with E-state index in [2.05, 4.69) is 122 Å². The van der Waals surface area contributed by atoms with Crippen LogP contribution in [0.15, 0.2) is 139 Å². The molecule has 9 heteroatoms. The van der Waals surface area contributed by atoms with E-state index >= 15 is 0 Å². The van der Waals surface area contributed by atoms with E-state index in [-0.39, 0.29) is 24.2 Å². The summed E-state index contributed by atoms with van der Waals surface area (Å²) in [6, 6.07) is 37.1. The Morgan fingerprint density at radius 1 is 0.907 bits per heavy atom. The summed E-state index contributed by atoms with van der Waals surface area (Å²) >= 11 is 0. The standard InChI is InChI=1S/C45H52N8O/c1-32(43(47-3)37-14-8-6-9-15-37)53-29-13-19-42(53)51-39(30-46-2)35-24-20-33(21-25-35)34-22-26-36(27-23-34)40-31-49-41(50-40)18-12-28-52(5)45(54)44(48-4)38-16-10-7-11-17-38/h6-11,14-17,20-27,30-31,42-44,47-48,51H,1-2,12-13,18-19,28-29H2,3-5H3,(H,49,50)/b39-30-/t42?,43-,44+/m0/s1. The van der Waals surface area contributed by atoms with Gasteiger partial charge in [-0.25, -0.2) is 4.98 Å². The van der Waals surface area contributed by atoms with Crippen molar-refractivity contribution in [2.24, 2.45) is 4.99 Å². The van der Waals surface area contributed by atoms with Gasteiger partial charge >= 0.3 is 0 Å². The number of benzene rings is 4. The SMILES string of the molecule is C=N/C=C(\NC1CCCN1C(=C)[C@H](NC)c1ccccc1)c1ccc(-c2ccc(-c3cnc(CCCN(C)C(=O)[C@H](NC)c4ccccc4)[nH]3)cc2)cc1. The molecule has 54 heavy (non-hydrogen) atoms. The van der Waals surface area contributed by atoms with Crippen molar-refractivity contribution < 1.29 is 4.79 Å². The third kappa shape index (κ3) is 9.05. The van der Waals surface area contributed by atoms with Crippen molar-refractivity contribution in [3.05, 3.63) is 156 Å². The van der Waals surface area contributed by atoms with Crippen molar-refractivity contribution >= 4 is 18.3 Å². The zero-order valence-electron chi connectivity index (χ0n) is 31.6. The Morgan fingerprint density at radius 3 is 2.11 bits per heavy atom. The number of amides is 1. The molecule has 1 unspecified atom stereocenters. The molecule has 1 amide bonds. The number of aromatic nitrogens is 2. The third-order valence-electron chi connectivity index (χ3n) is 10.2. The molecule has 9 nitrogen and oxygen atoms in total. The van der Waals surface area contributed by atoms with E-state index in [0.29, 0.717) is 6.54 Å². The van der Waals surface area contributed by atoms with Crippen molar-refractivity contribution in [1.29, 1.82) is 0 Å². The van der Waals surface area contributed by atoms with Gasteiger partial charge < -0.3 is 30.7 Å². The highest BCUT2D eigenvalue weighted by Crippen LogP contribution is 2.31. The highest BCUT2D eigenvalue weighted by atomic mass is 16.2. The van der Waals surface area contributed by atoms with Crippen LogP contribution in [0.4, 0.5) is 0 Å². The van der Waals surface area contributed by atoms with Crippen molar-refractivity contribution in [1.82, 2.24) is 35.7 Å². The average Bonchev–Trinajstić information content (AvgIpc) is 3.89. The number of aryl methyl sites for hydroxylation is 1. The second-order valence-electron chi connectivity index (χ2n) is 13.7. The Kier molecular flexibility index (Phi) is 12.9. The number of hydrogen-bond donors (Lipinski definition) is 4. The van der Waals surface area contributed by atoms with E-state index in [4.69, 9.17) is 0 Å². The lowest BCUT2D eigenvalue weighted by Gasteiger charge is -2.34. The topological polar surface area (TPSA) is 101 Å². The Labute approximate surface area is 319 Å². The second-order valence-corrected chi connectivity index (χ2v) is 13.7. The first kappa shape index (κ1) is 38.0. The fourth-order valence-electron chi connectivity index (χ4n) is 7.28. The van der Waals surface area contributed by atoms with Gasteiger partial charge in [0, 0.05) is 38.5 Å². The van der Waals surface area contributed by atoms with Gasteiger partial charge in [0.2, 0.25) is 5.91 Å². The van der Waals surface area contributed by atoms with Crippen LogP contribution in [0.5, 0.6) is 0 Å². The van der Waals surface area contributed by atoms with Gasteiger partial charge in [0.05, 0.1) is 29.8 Å². The Bertz CT molecular complexity index is 2000. The summed E-state index contributed by atoms with van der Waals surface area (Å²) in [5, 5.41) is 10.4. The lowest BCUT2D eigenvalue weighted by Crippen LogP contribution is -2.42. The van der Waals surface area contributed by atoms with Gasteiger partial charge in [0.15, 0.2) is 0 Å². The van der Waals surface area contributed by atoms with Gasteiger partial charge in [-0.3, -0.25) is 9.79 Å². The number of aromatic amines is 1. The molecule has 4 N–H and O–H groups in total. The molecule has 0 saturated carbocycles. The maximum atomic E-state index is 13.1. The highest BCUT2D eigenvalue weighted by Gasteiger charge is 2.30. The maximum absolute atomic E-state index is 13.1. The summed E-state index contributed by atoms with van der Waals surface area (Å²) in [6.45, 7) is 9.86. The van der Waals surface area contributed by atoms with Crippen LogP contribution in [0.2, 0.25) is 0 Å². The molecule has 1 aliphatic heterocycles. The van der Waals surface area contributed by atoms with Gasteiger partial charge in [-0.05, 0) is 73.5 Å². The first-order chi connectivity index (χ1) is 26.4. The first-order valence-electron chi connectivity index (χ1n) is 18.7. The molecule has 278 valence electrons. The van der Waals surface area contributed by atoms with Crippen molar-refractivity contribution in [3.63, 3.8) is 0 Å². The van der Waals surface area contributed by atoms with Gasteiger partial charge in [-0.2, -0.15) is 0 Å². The zero-order valence-corrected chi connectivity index (χ0v) is 31.6. The molecular weight excluding hydrogens is 669 g/mol. The second kappa shape index (κ2) is 18.3. The molecule has 1 saturated heterocycles. The van der Waals surface area contributed by atoms with E-state index in [0.717, 1.165) is 83.0 Å². The summed E-state index contributed by atoms with van der Waals surface area (Å²) in [7, 11) is 5.66. The number of hydrogen-bond acceptors (Lipinski definition) is 7. The number of imidazole rings is 1. The highest BCUT2D eigenvalue weighted by molar-refractivity contribution is 5.83. The van der Waals surface area contributed by atoms with Crippen LogP contribution in [0.25, 0.3) is 28.1 Å². The van der Waals surface area contributed by atoms with Gasteiger partial charge in [0.1, 0.15) is 11.9 Å². The number of carbonyl (C=O) groups is 1. The quantitative estimate of drug-likeness (QED) is 0.0740. The largest absolute Gasteiger partial charge is 0.363 e. The number of rotatable bonds is 17. The summed E-state index contributed by atoms with van der Waals surface area (Å²) in [4.78, 5) is 29.5. The van der Waals surface area contributed by atoms with E-state index in [1.165, 1.54) is 5.56 Å². The first-order valence-corrected chi connectivity index (χ1v) is 18.7.